The molecule has 0 aromatic heterocycles. The predicted molar refractivity (Wildman–Crippen MR) is 66.0 cm³/mol. The summed E-state index contributed by atoms with van der Waals surface area (Å²) in [5, 5.41) is 0. The van der Waals surface area contributed by atoms with Crippen molar-refractivity contribution in [2.75, 3.05) is 20.1 Å². The standard InChI is InChI=1S/C13H22N2/c1-11(2)15(3)10-13(9-14)12-7-5-4-6-8-12/h4-8,11,13H,9-10,14H2,1-3H3. The lowest BCUT2D eigenvalue weighted by Crippen LogP contribution is -2.33. The SMILES string of the molecule is CC(C)N(C)CC(CN)c1ccccc1. The second kappa shape index (κ2) is 5.89. The molecule has 0 saturated carbocycles. The maximum absolute atomic E-state index is 5.83. The lowest BCUT2D eigenvalue weighted by atomic mass is 9.98. The zero-order chi connectivity index (χ0) is 11.3. The number of rotatable bonds is 5. The van der Waals surface area contributed by atoms with E-state index in [-0.39, 0.29) is 0 Å². The van der Waals surface area contributed by atoms with E-state index < -0.39 is 0 Å². The van der Waals surface area contributed by atoms with Gasteiger partial charge in [-0.05, 0) is 26.5 Å². The second-order valence-corrected chi connectivity index (χ2v) is 4.38. The minimum atomic E-state index is 0.443. The molecule has 2 heteroatoms. The van der Waals surface area contributed by atoms with Crippen molar-refractivity contribution in [1.82, 2.24) is 4.90 Å². The summed E-state index contributed by atoms with van der Waals surface area (Å²) in [6.45, 7) is 6.15. The number of nitrogens with zero attached hydrogens (tertiary/aromatic N) is 1. The van der Waals surface area contributed by atoms with Crippen LogP contribution in [0.1, 0.15) is 25.3 Å². The topological polar surface area (TPSA) is 29.3 Å². The summed E-state index contributed by atoms with van der Waals surface area (Å²) < 4.78 is 0. The summed E-state index contributed by atoms with van der Waals surface area (Å²) >= 11 is 0. The molecule has 0 bridgehead atoms. The van der Waals surface area contributed by atoms with Crippen LogP contribution in [0, 0.1) is 0 Å². The zero-order valence-corrected chi connectivity index (χ0v) is 9.98. The Labute approximate surface area is 93.1 Å². The number of hydrogen-bond acceptors (Lipinski definition) is 2. The van der Waals surface area contributed by atoms with E-state index >= 15 is 0 Å². The molecule has 0 aliphatic rings. The first kappa shape index (κ1) is 12.2. The van der Waals surface area contributed by atoms with Crippen molar-refractivity contribution >= 4 is 0 Å². The van der Waals surface area contributed by atoms with Gasteiger partial charge in [0.2, 0.25) is 0 Å². The molecule has 0 saturated heterocycles. The summed E-state index contributed by atoms with van der Waals surface area (Å²) in [6, 6.07) is 11.1. The van der Waals surface area contributed by atoms with E-state index in [1.54, 1.807) is 0 Å². The van der Waals surface area contributed by atoms with Gasteiger partial charge in [0, 0.05) is 25.0 Å². The maximum atomic E-state index is 5.83. The van der Waals surface area contributed by atoms with Crippen LogP contribution >= 0.6 is 0 Å². The highest BCUT2D eigenvalue weighted by atomic mass is 15.1. The van der Waals surface area contributed by atoms with Crippen LogP contribution in [-0.2, 0) is 0 Å². The molecule has 0 spiro atoms. The first-order valence-corrected chi connectivity index (χ1v) is 5.60. The molecule has 0 fully saturated rings. The van der Waals surface area contributed by atoms with E-state index in [2.05, 4.69) is 50.1 Å². The first-order valence-electron chi connectivity index (χ1n) is 5.60. The molecule has 2 N–H and O–H groups in total. The van der Waals surface area contributed by atoms with Crippen molar-refractivity contribution in [3.8, 4) is 0 Å². The number of benzene rings is 1. The maximum Gasteiger partial charge on any atom is 0.00888 e. The normalized spacial score (nSPS) is 13.5. The van der Waals surface area contributed by atoms with Gasteiger partial charge >= 0.3 is 0 Å². The van der Waals surface area contributed by atoms with E-state index in [0.29, 0.717) is 18.5 Å². The van der Waals surface area contributed by atoms with Crippen LogP contribution in [0.2, 0.25) is 0 Å². The fourth-order valence-electron chi connectivity index (χ4n) is 1.60. The van der Waals surface area contributed by atoms with Crippen LogP contribution in [-0.4, -0.2) is 31.1 Å². The van der Waals surface area contributed by atoms with E-state index in [9.17, 15) is 0 Å². The lowest BCUT2D eigenvalue weighted by Gasteiger charge is -2.26. The van der Waals surface area contributed by atoms with Crippen LogP contribution in [0.4, 0.5) is 0 Å². The minimum Gasteiger partial charge on any atom is -0.330 e. The summed E-state index contributed by atoms with van der Waals surface area (Å²) in [4.78, 5) is 2.34. The number of likely N-dealkylation sites (N-methyl/N-ethyl adjacent to an activating group) is 1. The fourth-order valence-corrected chi connectivity index (χ4v) is 1.60. The van der Waals surface area contributed by atoms with E-state index in [1.165, 1.54) is 5.56 Å². The van der Waals surface area contributed by atoms with Crippen molar-refractivity contribution in [3.63, 3.8) is 0 Å². The van der Waals surface area contributed by atoms with E-state index in [0.717, 1.165) is 6.54 Å². The van der Waals surface area contributed by atoms with Crippen LogP contribution < -0.4 is 5.73 Å². The van der Waals surface area contributed by atoms with Crippen LogP contribution in [0.3, 0.4) is 0 Å². The second-order valence-electron chi connectivity index (χ2n) is 4.38. The van der Waals surface area contributed by atoms with Gasteiger partial charge < -0.3 is 10.6 Å². The molecular weight excluding hydrogens is 184 g/mol. The van der Waals surface area contributed by atoms with Gasteiger partial charge in [-0.2, -0.15) is 0 Å². The van der Waals surface area contributed by atoms with Gasteiger partial charge in [-0.1, -0.05) is 30.3 Å². The van der Waals surface area contributed by atoms with Crippen molar-refractivity contribution in [2.24, 2.45) is 5.73 Å². The molecule has 1 aromatic carbocycles. The highest BCUT2D eigenvalue weighted by Crippen LogP contribution is 2.15. The van der Waals surface area contributed by atoms with Gasteiger partial charge in [0.15, 0.2) is 0 Å². The van der Waals surface area contributed by atoms with Crippen LogP contribution in [0.15, 0.2) is 30.3 Å². The Balaban J connectivity index is 2.65. The molecule has 1 rings (SSSR count). The summed E-state index contributed by atoms with van der Waals surface area (Å²) in [5.41, 5.74) is 7.17. The first-order chi connectivity index (χ1) is 7.15. The average molecular weight is 206 g/mol. The molecular formula is C13H22N2. The molecule has 0 radical (unpaired) electrons. The van der Waals surface area contributed by atoms with Gasteiger partial charge in [0.05, 0.1) is 0 Å². The summed E-state index contributed by atoms with van der Waals surface area (Å²) in [5.74, 6) is 0.443. The van der Waals surface area contributed by atoms with Crippen LogP contribution in [0.25, 0.3) is 0 Å². The lowest BCUT2D eigenvalue weighted by molar-refractivity contribution is 0.257. The Hall–Kier alpha value is -0.860. The molecule has 1 atom stereocenters. The monoisotopic (exact) mass is 206 g/mol. The van der Waals surface area contributed by atoms with Gasteiger partial charge in [0.1, 0.15) is 0 Å². The highest BCUT2D eigenvalue weighted by molar-refractivity contribution is 5.20. The third kappa shape index (κ3) is 3.65. The fraction of sp³-hybridized carbons (Fsp3) is 0.538. The summed E-state index contributed by atoms with van der Waals surface area (Å²) in [6.07, 6.45) is 0. The highest BCUT2D eigenvalue weighted by Gasteiger charge is 2.13. The summed E-state index contributed by atoms with van der Waals surface area (Å²) in [7, 11) is 2.15. The molecule has 0 aliphatic carbocycles. The third-order valence-electron chi connectivity index (χ3n) is 2.95. The van der Waals surface area contributed by atoms with Gasteiger partial charge in [-0.15, -0.1) is 0 Å². The molecule has 1 unspecified atom stereocenters. The van der Waals surface area contributed by atoms with Crippen molar-refractivity contribution in [2.45, 2.75) is 25.8 Å². The molecule has 15 heavy (non-hydrogen) atoms. The Kier molecular flexibility index (Phi) is 4.79. The van der Waals surface area contributed by atoms with Gasteiger partial charge in [-0.3, -0.25) is 0 Å². The Bertz CT molecular complexity index is 269. The smallest absolute Gasteiger partial charge is 0.00888 e. The van der Waals surface area contributed by atoms with Crippen molar-refractivity contribution in [1.29, 1.82) is 0 Å². The Morgan fingerprint density at radius 3 is 2.27 bits per heavy atom. The molecule has 0 aliphatic heterocycles. The molecule has 1 aromatic rings. The molecule has 2 nitrogen and oxygen atoms in total. The Morgan fingerprint density at radius 1 is 1.20 bits per heavy atom. The number of nitrogens with two attached hydrogens (primary N) is 1. The largest absolute Gasteiger partial charge is 0.330 e. The van der Waals surface area contributed by atoms with Crippen LogP contribution in [0.5, 0.6) is 0 Å². The Morgan fingerprint density at radius 2 is 1.80 bits per heavy atom. The molecule has 84 valence electrons. The zero-order valence-electron chi connectivity index (χ0n) is 9.98. The average Bonchev–Trinajstić information content (AvgIpc) is 2.26. The molecule has 0 heterocycles. The minimum absolute atomic E-state index is 0.443. The van der Waals surface area contributed by atoms with Crippen molar-refractivity contribution in [3.05, 3.63) is 35.9 Å². The number of hydrogen-bond donors (Lipinski definition) is 1. The quantitative estimate of drug-likeness (QED) is 0.799. The van der Waals surface area contributed by atoms with Gasteiger partial charge in [-0.25, -0.2) is 0 Å². The van der Waals surface area contributed by atoms with Crippen molar-refractivity contribution < 1.29 is 0 Å². The third-order valence-corrected chi connectivity index (χ3v) is 2.95. The van der Waals surface area contributed by atoms with Gasteiger partial charge in [0.25, 0.3) is 0 Å². The predicted octanol–water partition coefficient (Wildman–Crippen LogP) is 2.07. The van der Waals surface area contributed by atoms with E-state index in [4.69, 9.17) is 5.73 Å². The van der Waals surface area contributed by atoms with E-state index in [1.807, 2.05) is 6.07 Å². The molecule has 0 amide bonds.